The Bertz CT molecular complexity index is 647. The number of aromatic nitrogens is 3. The number of rotatable bonds is 5. The van der Waals surface area contributed by atoms with Gasteiger partial charge in [0, 0.05) is 6.54 Å². The van der Waals surface area contributed by atoms with E-state index >= 15 is 0 Å². The first-order chi connectivity index (χ1) is 11.3. The number of benzene rings is 1. The van der Waals surface area contributed by atoms with Crippen molar-refractivity contribution in [2.45, 2.75) is 31.7 Å². The number of para-hydroxylation sites is 1. The van der Waals surface area contributed by atoms with Crippen molar-refractivity contribution < 1.29 is 9.53 Å². The van der Waals surface area contributed by atoms with Crippen LogP contribution in [0.5, 0.6) is 5.75 Å². The molecule has 2 aromatic rings. The summed E-state index contributed by atoms with van der Waals surface area (Å²) < 4.78 is 5.61. The molecule has 3 rings (SSSR count). The summed E-state index contributed by atoms with van der Waals surface area (Å²) >= 11 is 6.04. The van der Waals surface area contributed by atoms with Gasteiger partial charge in [-0.15, -0.1) is 0 Å². The van der Waals surface area contributed by atoms with Crippen molar-refractivity contribution in [3.8, 4) is 5.75 Å². The maximum Gasteiger partial charge on any atom is 0.226 e. The molecule has 1 amide bonds. The molecular weight excluding hydrogens is 316 g/mol. The number of aromatic amines is 1. The summed E-state index contributed by atoms with van der Waals surface area (Å²) in [5, 5.41) is 7.32. The van der Waals surface area contributed by atoms with Crippen LogP contribution in [0.4, 0.5) is 0 Å². The molecule has 1 aliphatic rings. The highest BCUT2D eigenvalue weighted by molar-refractivity contribution is 6.32. The van der Waals surface area contributed by atoms with Gasteiger partial charge in [-0.25, -0.2) is 4.98 Å². The van der Waals surface area contributed by atoms with Crippen molar-refractivity contribution in [2.75, 3.05) is 13.2 Å². The third-order valence-electron chi connectivity index (χ3n) is 3.98. The van der Waals surface area contributed by atoms with Crippen LogP contribution in [-0.4, -0.2) is 39.1 Å². The Kier molecular flexibility index (Phi) is 5.12. The van der Waals surface area contributed by atoms with E-state index in [1.54, 1.807) is 12.1 Å². The van der Waals surface area contributed by atoms with E-state index in [1.807, 2.05) is 17.0 Å². The van der Waals surface area contributed by atoms with Crippen LogP contribution in [0.3, 0.4) is 0 Å². The molecule has 0 aliphatic carbocycles. The number of likely N-dealkylation sites (tertiary alicyclic amines) is 1. The van der Waals surface area contributed by atoms with E-state index in [4.69, 9.17) is 16.3 Å². The minimum Gasteiger partial charge on any atom is -0.491 e. The first kappa shape index (κ1) is 15.8. The molecule has 0 radical (unpaired) electrons. The summed E-state index contributed by atoms with van der Waals surface area (Å²) in [7, 11) is 0. The summed E-state index contributed by atoms with van der Waals surface area (Å²) in [6.45, 7) is 1.05. The van der Waals surface area contributed by atoms with Crippen molar-refractivity contribution in [1.82, 2.24) is 20.1 Å². The Morgan fingerprint density at radius 1 is 1.39 bits per heavy atom. The molecule has 6 nitrogen and oxygen atoms in total. The Morgan fingerprint density at radius 2 is 2.26 bits per heavy atom. The molecule has 1 N–H and O–H groups in total. The second kappa shape index (κ2) is 7.46. The lowest BCUT2D eigenvalue weighted by molar-refractivity contribution is -0.135. The minimum atomic E-state index is -0.0148. The van der Waals surface area contributed by atoms with Gasteiger partial charge in [-0.2, -0.15) is 5.10 Å². The summed E-state index contributed by atoms with van der Waals surface area (Å²) in [6, 6.07) is 7.25. The number of hydrogen-bond acceptors (Lipinski definition) is 4. The van der Waals surface area contributed by atoms with Gasteiger partial charge in [-0.3, -0.25) is 9.89 Å². The van der Waals surface area contributed by atoms with Gasteiger partial charge in [0.05, 0.1) is 24.1 Å². The Morgan fingerprint density at radius 3 is 3.04 bits per heavy atom. The Hall–Kier alpha value is -2.08. The monoisotopic (exact) mass is 334 g/mol. The SMILES string of the molecule is O=C(CCOc1ccccc1Cl)N1CCCC[C@@H]1c1ncn[nH]1. The molecule has 0 bridgehead atoms. The summed E-state index contributed by atoms with van der Waals surface area (Å²) in [4.78, 5) is 18.6. The molecule has 1 saturated heterocycles. The summed E-state index contributed by atoms with van der Waals surface area (Å²) in [5.74, 6) is 1.43. The predicted octanol–water partition coefficient (Wildman–Crippen LogP) is 2.98. The van der Waals surface area contributed by atoms with E-state index < -0.39 is 0 Å². The number of ether oxygens (including phenoxy) is 1. The van der Waals surface area contributed by atoms with Crippen LogP contribution in [0.1, 0.15) is 37.5 Å². The van der Waals surface area contributed by atoms with E-state index in [0.29, 0.717) is 23.8 Å². The van der Waals surface area contributed by atoms with Gasteiger partial charge in [0.1, 0.15) is 17.9 Å². The number of halogens is 1. The first-order valence-electron chi connectivity index (χ1n) is 7.78. The van der Waals surface area contributed by atoms with Gasteiger partial charge < -0.3 is 9.64 Å². The zero-order valence-corrected chi connectivity index (χ0v) is 13.5. The Balaban J connectivity index is 1.57. The van der Waals surface area contributed by atoms with Crippen molar-refractivity contribution in [3.63, 3.8) is 0 Å². The molecule has 1 aliphatic heterocycles. The van der Waals surface area contributed by atoms with E-state index in [1.165, 1.54) is 6.33 Å². The smallest absolute Gasteiger partial charge is 0.226 e. The third kappa shape index (κ3) is 3.82. The van der Waals surface area contributed by atoms with Crippen LogP contribution in [0.2, 0.25) is 5.02 Å². The lowest BCUT2D eigenvalue weighted by atomic mass is 10.0. The maximum absolute atomic E-state index is 12.5. The van der Waals surface area contributed by atoms with Gasteiger partial charge in [0.2, 0.25) is 5.91 Å². The number of hydrogen-bond donors (Lipinski definition) is 1. The highest BCUT2D eigenvalue weighted by Gasteiger charge is 2.29. The van der Waals surface area contributed by atoms with Gasteiger partial charge in [-0.1, -0.05) is 23.7 Å². The van der Waals surface area contributed by atoms with Gasteiger partial charge >= 0.3 is 0 Å². The second-order valence-electron chi connectivity index (χ2n) is 5.50. The van der Waals surface area contributed by atoms with Gasteiger partial charge in [-0.05, 0) is 31.4 Å². The molecule has 2 heterocycles. The molecule has 1 atom stereocenters. The molecule has 1 aromatic carbocycles. The van der Waals surface area contributed by atoms with Crippen LogP contribution in [0.25, 0.3) is 0 Å². The van der Waals surface area contributed by atoms with E-state index in [-0.39, 0.29) is 11.9 Å². The molecule has 122 valence electrons. The molecule has 7 heteroatoms. The summed E-state index contributed by atoms with van der Waals surface area (Å²) in [6.07, 6.45) is 4.81. The van der Waals surface area contributed by atoms with E-state index in [2.05, 4.69) is 15.2 Å². The Labute approximate surface area is 139 Å². The van der Waals surface area contributed by atoms with Gasteiger partial charge in [0.15, 0.2) is 0 Å². The molecule has 0 unspecified atom stereocenters. The topological polar surface area (TPSA) is 71.1 Å². The zero-order valence-electron chi connectivity index (χ0n) is 12.7. The quantitative estimate of drug-likeness (QED) is 0.912. The van der Waals surface area contributed by atoms with Crippen molar-refractivity contribution in [3.05, 3.63) is 41.4 Å². The van der Waals surface area contributed by atoms with Crippen LogP contribution in [0, 0.1) is 0 Å². The second-order valence-corrected chi connectivity index (χ2v) is 5.91. The molecule has 1 fully saturated rings. The fourth-order valence-electron chi connectivity index (χ4n) is 2.84. The average Bonchev–Trinajstić information content (AvgIpc) is 3.11. The lowest BCUT2D eigenvalue weighted by Gasteiger charge is -2.34. The molecule has 23 heavy (non-hydrogen) atoms. The highest BCUT2D eigenvalue weighted by atomic mass is 35.5. The molecule has 0 spiro atoms. The van der Waals surface area contributed by atoms with E-state index in [9.17, 15) is 4.79 Å². The number of nitrogens with one attached hydrogen (secondary N) is 1. The van der Waals surface area contributed by atoms with E-state index in [0.717, 1.165) is 31.6 Å². The molecule has 1 aromatic heterocycles. The highest BCUT2D eigenvalue weighted by Crippen LogP contribution is 2.29. The normalized spacial score (nSPS) is 18.0. The number of carbonyl (C=O) groups excluding carboxylic acids is 1. The fraction of sp³-hybridized carbons (Fsp3) is 0.438. The van der Waals surface area contributed by atoms with Crippen LogP contribution < -0.4 is 4.74 Å². The van der Waals surface area contributed by atoms with Gasteiger partial charge in [0.25, 0.3) is 0 Å². The number of H-pyrrole nitrogens is 1. The number of nitrogens with zero attached hydrogens (tertiary/aromatic N) is 3. The number of piperidine rings is 1. The standard InChI is InChI=1S/C16H19ClN4O2/c17-12-5-1-2-7-14(12)23-10-8-15(22)21-9-4-3-6-13(21)16-18-11-19-20-16/h1-2,5,7,11,13H,3-4,6,8-10H2,(H,18,19,20)/t13-/m1/s1. The fourth-order valence-corrected chi connectivity index (χ4v) is 3.03. The van der Waals surface area contributed by atoms with Crippen LogP contribution in [0.15, 0.2) is 30.6 Å². The maximum atomic E-state index is 12.5. The predicted molar refractivity (Wildman–Crippen MR) is 86.3 cm³/mol. The minimum absolute atomic E-state index is 0.0148. The third-order valence-corrected chi connectivity index (χ3v) is 4.29. The summed E-state index contributed by atoms with van der Waals surface area (Å²) in [5.41, 5.74) is 0. The van der Waals surface area contributed by atoms with Crippen LogP contribution >= 0.6 is 11.6 Å². The number of amides is 1. The zero-order chi connectivity index (χ0) is 16.1. The van der Waals surface area contributed by atoms with Crippen molar-refractivity contribution >= 4 is 17.5 Å². The largest absolute Gasteiger partial charge is 0.491 e. The molecular formula is C16H19ClN4O2. The lowest BCUT2D eigenvalue weighted by Crippen LogP contribution is -2.39. The van der Waals surface area contributed by atoms with Crippen molar-refractivity contribution in [1.29, 1.82) is 0 Å². The van der Waals surface area contributed by atoms with Crippen molar-refractivity contribution in [2.24, 2.45) is 0 Å². The average molecular weight is 335 g/mol. The van der Waals surface area contributed by atoms with Crippen LogP contribution in [-0.2, 0) is 4.79 Å². The number of carbonyl (C=O) groups is 1. The first-order valence-corrected chi connectivity index (χ1v) is 8.15. The molecule has 0 saturated carbocycles.